The summed E-state index contributed by atoms with van der Waals surface area (Å²) < 4.78 is 10.6. The van der Waals surface area contributed by atoms with Crippen LogP contribution >= 0.6 is 0 Å². The highest BCUT2D eigenvalue weighted by Gasteiger charge is 2.14. The average molecular weight is 351 g/mol. The van der Waals surface area contributed by atoms with Gasteiger partial charge in [-0.15, -0.1) is 0 Å². The third-order valence-electron chi connectivity index (χ3n) is 3.57. The van der Waals surface area contributed by atoms with Crippen LogP contribution in [0.2, 0.25) is 0 Å². The van der Waals surface area contributed by atoms with E-state index < -0.39 is 5.91 Å². The number of amides is 1. The zero-order chi connectivity index (χ0) is 18.4. The number of carbonyl (C=O) groups is 1. The maximum atomic E-state index is 12.2. The summed E-state index contributed by atoms with van der Waals surface area (Å²) in [5.74, 6) is 0.875. The summed E-state index contributed by atoms with van der Waals surface area (Å²) in [5, 5.41) is 10.8. The molecule has 3 rings (SSSR count). The van der Waals surface area contributed by atoms with Crippen molar-refractivity contribution in [3.63, 3.8) is 0 Å². The van der Waals surface area contributed by atoms with Gasteiger partial charge in [0.2, 0.25) is 0 Å². The first-order valence-electron chi connectivity index (χ1n) is 7.72. The summed E-state index contributed by atoms with van der Waals surface area (Å²) in [6.07, 6.45) is 4.81. The van der Waals surface area contributed by atoms with Crippen LogP contribution in [0.25, 0.3) is 11.3 Å². The van der Waals surface area contributed by atoms with Crippen LogP contribution in [-0.4, -0.2) is 41.5 Å². The Labute approximate surface area is 149 Å². The minimum absolute atomic E-state index is 0.271. The van der Waals surface area contributed by atoms with Gasteiger partial charge in [-0.2, -0.15) is 10.2 Å². The van der Waals surface area contributed by atoms with Crippen molar-refractivity contribution in [2.24, 2.45) is 5.10 Å². The van der Waals surface area contributed by atoms with E-state index in [1.54, 1.807) is 56.9 Å². The lowest BCUT2D eigenvalue weighted by atomic mass is 10.1. The molecular weight excluding hydrogens is 334 g/mol. The second kappa shape index (κ2) is 7.93. The number of pyridine rings is 1. The molecule has 0 saturated heterocycles. The molecule has 0 fully saturated rings. The van der Waals surface area contributed by atoms with E-state index in [1.165, 1.54) is 6.21 Å². The molecule has 2 aromatic heterocycles. The zero-order valence-electron chi connectivity index (χ0n) is 14.3. The fraction of sp³-hybridized carbons (Fsp3) is 0.111. The molecule has 0 radical (unpaired) electrons. The molecule has 0 aliphatic heterocycles. The van der Waals surface area contributed by atoms with Gasteiger partial charge < -0.3 is 9.47 Å². The van der Waals surface area contributed by atoms with E-state index in [0.717, 1.165) is 5.56 Å². The average Bonchev–Trinajstić information content (AvgIpc) is 3.18. The molecule has 2 N–H and O–H groups in total. The molecule has 0 aliphatic carbocycles. The Kier molecular flexibility index (Phi) is 5.23. The van der Waals surface area contributed by atoms with E-state index in [-0.39, 0.29) is 5.69 Å². The fourth-order valence-corrected chi connectivity index (χ4v) is 2.27. The van der Waals surface area contributed by atoms with Crippen molar-refractivity contribution in [1.29, 1.82) is 0 Å². The van der Waals surface area contributed by atoms with Gasteiger partial charge in [-0.25, -0.2) is 5.43 Å². The maximum Gasteiger partial charge on any atom is 0.289 e. The van der Waals surface area contributed by atoms with Crippen LogP contribution in [0, 0.1) is 0 Å². The number of carbonyl (C=O) groups excluding carboxylic acids is 1. The lowest BCUT2D eigenvalue weighted by Gasteiger charge is -2.08. The minimum Gasteiger partial charge on any atom is -0.497 e. The smallest absolute Gasteiger partial charge is 0.289 e. The predicted molar refractivity (Wildman–Crippen MR) is 96.4 cm³/mol. The lowest BCUT2D eigenvalue weighted by molar-refractivity contribution is 0.0950. The predicted octanol–water partition coefficient (Wildman–Crippen LogP) is 2.25. The van der Waals surface area contributed by atoms with E-state index >= 15 is 0 Å². The first-order chi connectivity index (χ1) is 12.7. The van der Waals surface area contributed by atoms with Crippen LogP contribution < -0.4 is 14.9 Å². The van der Waals surface area contributed by atoms with Gasteiger partial charge in [0.05, 0.1) is 26.1 Å². The molecule has 0 spiro atoms. The van der Waals surface area contributed by atoms with Crippen LogP contribution in [0.4, 0.5) is 0 Å². The van der Waals surface area contributed by atoms with Gasteiger partial charge >= 0.3 is 0 Å². The number of nitrogens with one attached hydrogen (secondary N) is 2. The zero-order valence-corrected chi connectivity index (χ0v) is 14.3. The highest BCUT2D eigenvalue weighted by molar-refractivity contribution is 5.94. The van der Waals surface area contributed by atoms with Crippen LogP contribution in [0.3, 0.4) is 0 Å². The summed E-state index contributed by atoms with van der Waals surface area (Å²) in [4.78, 5) is 16.2. The molecule has 0 saturated carbocycles. The number of nitrogens with zero attached hydrogens (tertiary/aromatic N) is 3. The summed E-state index contributed by atoms with van der Waals surface area (Å²) in [5.41, 5.74) is 4.75. The number of rotatable bonds is 6. The van der Waals surface area contributed by atoms with Gasteiger partial charge in [-0.05, 0) is 30.3 Å². The Morgan fingerprint density at radius 3 is 2.85 bits per heavy atom. The molecule has 8 nitrogen and oxygen atoms in total. The maximum absolute atomic E-state index is 12.2. The number of hydrazone groups is 1. The Hall–Kier alpha value is -3.68. The number of benzene rings is 1. The summed E-state index contributed by atoms with van der Waals surface area (Å²) >= 11 is 0. The second-order valence-electron chi connectivity index (χ2n) is 5.22. The lowest BCUT2D eigenvalue weighted by Crippen LogP contribution is -2.18. The molecule has 26 heavy (non-hydrogen) atoms. The van der Waals surface area contributed by atoms with Crippen molar-refractivity contribution < 1.29 is 14.3 Å². The largest absolute Gasteiger partial charge is 0.497 e. The molecule has 8 heteroatoms. The Bertz CT molecular complexity index is 922. The van der Waals surface area contributed by atoms with Crippen LogP contribution in [0.1, 0.15) is 16.1 Å². The topological polar surface area (TPSA) is 101 Å². The van der Waals surface area contributed by atoms with Crippen molar-refractivity contribution in [1.82, 2.24) is 20.6 Å². The van der Waals surface area contributed by atoms with Crippen LogP contribution in [0.5, 0.6) is 11.5 Å². The molecule has 0 bridgehead atoms. The van der Waals surface area contributed by atoms with Crippen molar-refractivity contribution >= 4 is 12.1 Å². The van der Waals surface area contributed by atoms with Gasteiger partial charge in [0.25, 0.3) is 5.91 Å². The van der Waals surface area contributed by atoms with Gasteiger partial charge in [0, 0.05) is 23.5 Å². The summed E-state index contributed by atoms with van der Waals surface area (Å²) in [6.45, 7) is 0. The van der Waals surface area contributed by atoms with Crippen molar-refractivity contribution in [3.8, 4) is 22.8 Å². The standard InChI is InChI=1S/C18H17N5O3/c1-25-13-5-6-17(26-2)14(8-13)15-9-16(22-21-15)18(24)23-20-11-12-4-3-7-19-10-12/h3-11H,1-2H3,(H,21,22)(H,23,24). The molecule has 0 unspecified atom stereocenters. The van der Waals surface area contributed by atoms with Gasteiger partial charge in [-0.1, -0.05) is 6.07 Å². The minimum atomic E-state index is -0.411. The molecule has 132 valence electrons. The van der Waals surface area contributed by atoms with Crippen LogP contribution in [0.15, 0.2) is 53.9 Å². The van der Waals surface area contributed by atoms with Crippen molar-refractivity contribution in [2.45, 2.75) is 0 Å². The highest BCUT2D eigenvalue weighted by Crippen LogP contribution is 2.32. The molecule has 0 aliphatic rings. The molecular formula is C18H17N5O3. The number of ether oxygens (including phenoxy) is 2. The number of aromatic amines is 1. The first-order valence-corrected chi connectivity index (χ1v) is 7.72. The van der Waals surface area contributed by atoms with E-state index in [2.05, 4.69) is 25.7 Å². The third kappa shape index (κ3) is 3.86. The number of methoxy groups -OCH3 is 2. The van der Waals surface area contributed by atoms with E-state index in [1.807, 2.05) is 6.07 Å². The van der Waals surface area contributed by atoms with Gasteiger partial charge in [0.15, 0.2) is 0 Å². The van der Waals surface area contributed by atoms with E-state index in [9.17, 15) is 4.79 Å². The summed E-state index contributed by atoms with van der Waals surface area (Å²) in [7, 11) is 3.15. The Balaban J connectivity index is 1.75. The molecule has 1 aromatic carbocycles. The summed E-state index contributed by atoms with van der Waals surface area (Å²) in [6, 6.07) is 10.6. The first kappa shape index (κ1) is 17.2. The Morgan fingerprint density at radius 1 is 1.23 bits per heavy atom. The third-order valence-corrected chi connectivity index (χ3v) is 3.57. The molecule has 1 amide bonds. The number of aromatic nitrogens is 3. The van der Waals surface area contributed by atoms with Gasteiger partial charge in [-0.3, -0.25) is 14.9 Å². The van der Waals surface area contributed by atoms with E-state index in [0.29, 0.717) is 22.8 Å². The Morgan fingerprint density at radius 2 is 2.12 bits per heavy atom. The normalized spacial score (nSPS) is 10.7. The number of H-pyrrole nitrogens is 1. The number of hydrogen-bond donors (Lipinski definition) is 2. The van der Waals surface area contributed by atoms with Crippen molar-refractivity contribution in [3.05, 3.63) is 60.0 Å². The quantitative estimate of drug-likeness (QED) is 0.524. The second-order valence-corrected chi connectivity index (χ2v) is 5.22. The van der Waals surface area contributed by atoms with Crippen LogP contribution in [-0.2, 0) is 0 Å². The monoisotopic (exact) mass is 351 g/mol. The molecule has 2 heterocycles. The molecule has 3 aromatic rings. The number of hydrogen-bond acceptors (Lipinski definition) is 6. The fourth-order valence-electron chi connectivity index (χ4n) is 2.27. The van der Waals surface area contributed by atoms with Crippen molar-refractivity contribution in [2.75, 3.05) is 14.2 Å². The molecule has 0 atom stereocenters. The SMILES string of the molecule is COc1ccc(OC)c(-c2cc(C(=O)NN=Cc3cccnc3)[nH]n2)c1. The highest BCUT2D eigenvalue weighted by atomic mass is 16.5. The van der Waals surface area contributed by atoms with E-state index in [4.69, 9.17) is 9.47 Å². The van der Waals surface area contributed by atoms with Gasteiger partial charge in [0.1, 0.15) is 17.2 Å².